The summed E-state index contributed by atoms with van der Waals surface area (Å²) < 4.78 is 9.02. The van der Waals surface area contributed by atoms with E-state index in [0.717, 1.165) is 23.1 Å². The molecule has 1 heterocycles. The Morgan fingerprint density at radius 1 is 1.00 bits per heavy atom. The zero-order chi connectivity index (χ0) is 14.7. The molecule has 0 radical (unpaired) electrons. The summed E-state index contributed by atoms with van der Waals surface area (Å²) in [6, 6.07) is 17.1. The summed E-state index contributed by atoms with van der Waals surface area (Å²) in [5.74, 6) is 0.630. The van der Waals surface area contributed by atoms with Crippen LogP contribution in [0.2, 0.25) is 0 Å². The summed E-state index contributed by atoms with van der Waals surface area (Å²) in [6.45, 7) is 4.52. The molecule has 1 aromatic heterocycles. The van der Waals surface area contributed by atoms with E-state index in [1.807, 2.05) is 6.07 Å². The molecule has 1 N–H and O–H groups in total. The average Bonchev–Trinajstić information content (AvgIpc) is 2.96. The van der Waals surface area contributed by atoms with Gasteiger partial charge in [0.1, 0.15) is 0 Å². The molecule has 1 atom stereocenters. The van der Waals surface area contributed by atoms with Gasteiger partial charge < -0.3 is 0 Å². The molecule has 21 heavy (non-hydrogen) atoms. The fourth-order valence-corrected chi connectivity index (χ4v) is 3.70. The number of benzene rings is 2. The molecule has 0 amide bonds. The van der Waals surface area contributed by atoms with Crippen molar-refractivity contribution in [2.24, 2.45) is 5.92 Å². The molecule has 0 saturated carbocycles. The van der Waals surface area contributed by atoms with Gasteiger partial charge in [0.15, 0.2) is 0 Å². The van der Waals surface area contributed by atoms with E-state index in [9.17, 15) is 0 Å². The summed E-state index contributed by atoms with van der Waals surface area (Å²) in [5.41, 5.74) is 4.48. The van der Waals surface area contributed by atoms with Crippen molar-refractivity contribution in [2.75, 3.05) is 5.32 Å². The molecule has 0 spiro atoms. The normalized spacial score (nSPS) is 12.7. The molecule has 2 aromatic carbocycles. The number of fused-ring (bicyclic) bond motifs is 1. The molecular weight excluding hydrogens is 325 g/mol. The van der Waals surface area contributed by atoms with Crippen molar-refractivity contribution < 1.29 is 0 Å². The molecule has 0 saturated heterocycles. The second-order valence-electron chi connectivity index (χ2n) is 5.67. The Morgan fingerprint density at radius 2 is 1.81 bits per heavy atom. The minimum absolute atomic E-state index is 0.0143. The third kappa shape index (κ3) is 3.34. The third-order valence-corrected chi connectivity index (χ3v) is 4.66. The third-order valence-electron chi connectivity index (χ3n) is 3.52. The Balaban J connectivity index is 1.93. The van der Waals surface area contributed by atoms with E-state index in [-0.39, 0.29) is 15.0 Å². The van der Waals surface area contributed by atoms with Gasteiger partial charge in [0.2, 0.25) is 0 Å². The molecule has 0 aliphatic rings. The molecule has 0 aliphatic heterocycles. The Bertz CT molecular complexity index is 706. The van der Waals surface area contributed by atoms with Gasteiger partial charge in [-0.1, -0.05) is 0 Å². The van der Waals surface area contributed by atoms with Crippen molar-refractivity contribution in [1.29, 1.82) is 0 Å². The summed E-state index contributed by atoms with van der Waals surface area (Å²) in [7, 11) is 0. The van der Waals surface area contributed by atoms with Gasteiger partial charge in [0, 0.05) is 0 Å². The van der Waals surface area contributed by atoms with Gasteiger partial charge >= 0.3 is 131 Å². The van der Waals surface area contributed by atoms with Gasteiger partial charge in [-0.3, -0.25) is 0 Å². The number of anilines is 1. The Hall–Kier alpha value is -1.64. The number of aromatic nitrogens is 2. The van der Waals surface area contributed by atoms with Crippen LogP contribution < -0.4 is 5.32 Å². The quantitative estimate of drug-likeness (QED) is 0.714. The second kappa shape index (κ2) is 6.42. The molecule has 0 bridgehead atoms. The first-order valence-corrected chi connectivity index (χ1v) is 8.80. The Labute approximate surface area is 131 Å². The van der Waals surface area contributed by atoms with Crippen molar-refractivity contribution >= 4 is 31.7 Å². The van der Waals surface area contributed by atoms with Crippen LogP contribution in [0.15, 0.2) is 48.5 Å². The molecule has 0 aliphatic carbocycles. The van der Waals surface area contributed by atoms with E-state index in [1.54, 1.807) is 0 Å². The van der Waals surface area contributed by atoms with Gasteiger partial charge in [0.05, 0.1) is 0 Å². The van der Waals surface area contributed by atoms with Crippen LogP contribution in [0.25, 0.3) is 11.0 Å². The van der Waals surface area contributed by atoms with E-state index < -0.39 is 0 Å². The first-order valence-electron chi connectivity index (χ1n) is 7.27. The van der Waals surface area contributed by atoms with Crippen LogP contribution in [-0.4, -0.2) is 22.9 Å². The van der Waals surface area contributed by atoms with Crippen molar-refractivity contribution in [3.63, 3.8) is 0 Å². The van der Waals surface area contributed by atoms with Crippen molar-refractivity contribution in [2.45, 2.75) is 26.3 Å². The molecule has 4 heteroatoms. The maximum absolute atomic E-state index is 4.56. The molecule has 3 aromatic rings. The van der Waals surface area contributed by atoms with E-state index in [2.05, 4.69) is 69.6 Å². The molecule has 108 valence electrons. The number of nitrogens with one attached hydrogen (secondary N) is 1. The predicted molar refractivity (Wildman–Crippen MR) is 88.7 cm³/mol. The topological polar surface area (TPSA) is 37.8 Å². The minimum atomic E-state index is 0.0143. The van der Waals surface area contributed by atoms with Gasteiger partial charge in [-0.15, -0.1) is 0 Å². The Morgan fingerprint density at radius 3 is 2.57 bits per heavy atom. The fourth-order valence-electron chi connectivity index (χ4n) is 2.55. The Kier molecular flexibility index (Phi) is 4.37. The van der Waals surface area contributed by atoms with Crippen molar-refractivity contribution in [3.05, 3.63) is 54.1 Å². The van der Waals surface area contributed by atoms with Crippen molar-refractivity contribution in [1.82, 2.24) is 7.96 Å². The van der Waals surface area contributed by atoms with E-state index in [4.69, 9.17) is 0 Å². The van der Waals surface area contributed by atoms with Gasteiger partial charge in [-0.05, 0) is 0 Å². The first-order chi connectivity index (χ1) is 10.2. The zero-order valence-electron chi connectivity index (χ0n) is 12.3. The molecule has 3 rings (SSSR count). The summed E-state index contributed by atoms with van der Waals surface area (Å²) in [6.07, 6.45) is 1.09. The first kappa shape index (κ1) is 14.3. The van der Waals surface area contributed by atoms with Gasteiger partial charge in [-0.25, -0.2) is 0 Å². The van der Waals surface area contributed by atoms with Gasteiger partial charge in [0.25, 0.3) is 0 Å². The molecule has 0 fully saturated rings. The van der Waals surface area contributed by atoms with E-state index >= 15 is 0 Å². The summed E-state index contributed by atoms with van der Waals surface area (Å²) >= 11 is 0.0143. The molecule has 1 unspecified atom stereocenters. The summed E-state index contributed by atoms with van der Waals surface area (Å²) in [4.78, 5) is 0. The maximum atomic E-state index is 4.56. The fraction of sp³-hybridized carbons (Fsp3) is 0.294. The van der Waals surface area contributed by atoms with Crippen LogP contribution in [0, 0.1) is 5.92 Å². The predicted octanol–water partition coefficient (Wildman–Crippen LogP) is 3.89. The average molecular weight is 344 g/mol. The molecule has 3 nitrogen and oxygen atoms in total. The van der Waals surface area contributed by atoms with Crippen LogP contribution in [0.4, 0.5) is 5.69 Å². The zero-order valence-corrected chi connectivity index (χ0v) is 14.0. The van der Waals surface area contributed by atoms with Crippen LogP contribution >= 0.6 is 0 Å². The monoisotopic (exact) mass is 345 g/mol. The van der Waals surface area contributed by atoms with E-state index in [0.29, 0.717) is 12.0 Å². The number of hydrogen-bond acceptors (Lipinski definition) is 3. The van der Waals surface area contributed by atoms with Crippen LogP contribution in [0.3, 0.4) is 0 Å². The molecular formula is C17H19N3Se. The van der Waals surface area contributed by atoms with E-state index in [1.165, 1.54) is 5.56 Å². The number of rotatable bonds is 5. The number of hydrogen-bond donors (Lipinski definition) is 1. The van der Waals surface area contributed by atoms with Crippen LogP contribution in [0.5, 0.6) is 0 Å². The summed E-state index contributed by atoms with van der Waals surface area (Å²) in [5, 5.41) is 3.68. The second-order valence-corrected chi connectivity index (χ2v) is 6.78. The van der Waals surface area contributed by atoms with Crippen LogP contribution in [0.1, 0.15) is 31.9 Å². The van der Waals surface area contributed by atoms with Crippen molar-refractivity contribution in [3.8, 4) is 0 Å². The standard InChI is InChI=1S/C17H19N3Se/c1-12(2)11-16(13-7-4-3-5-8-13)18-14-9-6-10-15-17(14)20-21-19-15/h3-10,12,16,18H,11H2,1-2H3. The SMILES string of the molecule is CC(C)CC(Nc1cccc2n[se]nc12)c1ccccc1. The number of nitrogens with zero attached hydrogens (tertiary/aromatic N) is 2. The van der Waals surface area contributed by atoms with Crippen LogP contribution in [-0.2, 0) is 0 Å². The van der Waals surface area contributed by atoms with Gasteiger partial charge in [-0.2, -0.15) is 0 Å².